The lowest BCUT2D eigenvalue weighted by Gasteiger charge is -2.18. The molecule has 0 aliphatic rings. The highest BCUT2D eigenvalue weighted by atomic mass is 32.1. The summed E-state index contributed by atoms with van der Waals surface area (Å²) in [6, 6.07) is 67.7. The number of hydrogen-bond donors (Lipinski definition) is 0. The molecule has 2 aromatic heterocycles. The maximum Gasteiger partial charge on any atom is 0.0455 e. The van der Waals surface area contributed by atoms with Crippen molar-refractivity contribution in [2.75, 3.05) is 0 Å². The van der Waals surface area contributed by atoms with Crippen molar-refractivity contribution >= 4 is 106 Å². The van der Waals surface area contributed by atoms with Crippen LogP contribution in [0.1, 0.15) is 0 Å². The summed E-state index contributed by atoms with van der Waals surface area (Å²) in [5.41, 5.74) is 7.53. The summed E-state index contributed by atoms with van der Waals surface area (Å²) >= 11 is 3.86. The molecular formula is C52H30S2. The van der Waals surface area contributed by atoms with Crippen LogP contribution >= 0.6 is 22.7 Å². The van der Waals surface area contributed by atoms with Crippen molar-refractivity contribution in [1.29, 1.82) is 0 Å². The first-order chi connectivity index (χ1) is 26.8. The molecule has 0 N–H and O–H groups in total. The number of thiophene rings is 2. The Morgan fingerprint density at radius 2 is 0.778 bits per heavy atom. The number of hydrogen-bond acceptors (Lipinski definition) is 2. The standard InChI is InChI=1S/C52H30S2/c1-2-13-32-28-36(25-24-31(32)12-1)48-39-18-5-3-16-37(39)47(38-17-4-6-19-40(38)48)35-15-11-14-33(29-35)34-26-27-46-44(30-34)49-41-20-7-8-21-42(41)51-50(52(49)54-46)43-22-9-10-23-45(43)53-51/h1-30H. The highest BCUT2D eigenvalue weighted by Crippen LogP contribution is 2.50. The monoisotopic (exact) mass is 718 g/mol. The first-order valence-corrected chi connectivity index (χ1v) is 20.1. The number of benzene rings is 10. The van der Waals surface area contributed by atoms with E-state index in [2.05, 4.69) is 182 Å². The molecule has 0 saturated carbocycles. The fraction of sp³-hybridized carbons (Fsp3) is 0. The predicted octanol–water partition coefficient (Wildman–Crippen LogP) is 16.0. The molecule has 0 aliphatic carbocycles. The van der Waals surface area contributed by atoms with Crippen molar-refractivity contribution in [2.45, 2.75) is 0 Å². The van der Waals surface area contributed by atoms with E-state index >= 15 is 0 Å². The van der Waals surface area contributed by atoms with Crippen LogP contribution in [-0.4, -0.2) is 0 Å². The molecule has 10 aromatic carbocycles. The summed E-state index contributed by atoms with van der Waals surface area (Å²) < 4.78 is 5.47. The molecule has 54 heavy (non-hydrogen) atoms. The highest BCUT2D eigenvalue weighted by molar-refractivity contribution is 7.30. The van der Waals surface area contributed by atoms with Crippen molar-refractivity contribution in [3.63, 3.8) is 0 Å². The molecule has 2 heteroatoms. The molecule has 12 aromatic rings. The Morgan fingerprint density at radius 1 is 0.259 bits per heavy atom. The van der Waals surface area contributed by atoms with Gasteiger partial charge in [0.1, 0.15) is 0 Å². The zero-order valence-corrected chi connectivity index (χ0v) is 30.8. The average Bonchev–Trinajstić information content (AvgIpc) is 3.82. The second-order valence-corrected chi connectivity index (χ2v) is 16.5. The normalized spacial score (nSPS) is 12.1. The molecule has 12 rings (SSSR count). The van der Waals surface area contributed by atoms with Crippen LogP contribution in [0.3, 0.4) is 0 Å². The maximum atomic E-state index is 2.44. The molecule has 0 aliphatic heterocycles. The van der Waals surface area contributed by atoms with Gasteiger partial charge in [0.15, 0.2) is 0 Å². The molecule has 0 unspecified atom stereocenters. The second kappa shape index (κ2) is 11.6. The van der Waals surface area contributed by atoms with Gasteiger partial charge >= 0.3 is 0 Å². The molecule has 250 valence electrons. The van der Waals surface area contributed by atoms with Crippen LogP contribution in [0.5, 0.6) is 0 Å². The third-order valence-corrected chi connectivity index (χ3v) is 13.8. The molecule has 0 nitrogen and oxygen atoms in total. The lowest BCUT2D eigenvalue weighted by atomic mass is 9.85. The van der Waals surface area contributed by atoms with Crippen LogP contribution in [0, 0.1) is 0 Å². The lowest BCUT2D eigenvalue weighted by molar-refractivity contribution is 1.63. The van der Waals surface area contributed by atoms with Gasteiger partial charge < -0.3 is 0 Å². The molecule has 0 atom stereocenters. The Kier molecular flexibility index (Phi) is 6.48. The van der Waals surface area contributed by atoms with E-state index in [0.717, 1.165) is 0 Å². The van der Waals surface area contributed by atoms with E-state index in [-0.39, 0.29) is 0 Å². The summed E-state index contributed by atoms with van der Waals surface area (Å²) in [7, 11) is 0. The molecule has 0 saturated heterocycles. The topological polar surface area (TPSA) is 0 Å². The maximum absolute atomic E-state index is 2.44. The smallest absolute Gasteiger partial charge is 0.0455 e. The highest BCUT2D eigenvalue weighted by Gasteiger charge is 2.20. The molecule has 0 fully saturated rings. The minimum Gasteiger partial charge on any atom is -0.134 e. The van der Waals surface area contributed by atoms with E-state index in [1.807, 2.05) is 22.7 Å². The van der Waals surface area contributed by atoms with Gasteiger partial charge in [-0.1, -0.05) is 152 Å². The minimum atomic E-state index is 1.23. The third kappa shape index (κ3) is 4.36. The zero-order valence-electron chi connectivity index (χ0n) is 29.1. The van der Waals surface area contributed by atoms with Crippen molar-refractivity contribution in [1.82, 2.24) is 0 Å². The molecule has 0 spiro atoms. The average molecular weight is 719 g/mol. The third-order valence-electron chi connectivity index (χ3n) is 11.4. The summed E-state index contributed by atoms with van der Waals surface area (Å²) in [5, 5.41) is 15.8. The van der Waals surface area contributed by atoms with Crippen molar-refractivity contribution in [3.05, 3.63) is 182 Å². The van der Waals surface area contributed by atoms with Gasteiger partial charge in [-0.05, 0) is 101 Å². The molecule has 0 radical (unpaired) electrons. The van der Waals surface area contributed by atoms with Gasteiger partial charge in [-0.25, -0.2) is 0 Å². The van der Waals surface area contributed by atoms with E-state index in [9.17, 15) is 0 Å². The first kappa shape index (κ1) is 30.2. The fourth-order valence-electron chi connectivity index (χ4n) is 9.03. The van der Waals surface area contributed by atoms with Gasteiger partial charge in [0.05, 0.1) is 0 Å². The molecular weight excluding hydrogens is 689 g/mol. The van der Waals surface area contributed by atoms with Crippen LogP contribution in [0.25, 0.3) is 117 Å². The van der Waals surface area contributed by atoms with Crippen LogP contribution in [0.15, 0.2) is 182 Å². The largest absolute Gasteiger partial charge is 0.134 e. The van der Waals surface area contributed by atoms with Crippen LogP contribution in [0.4, 0.5) is 0 Å². The Labute approximate surface area is 319 Å². The summed E-state index contributed by atoms with van der Waals surface area (Å²) in [4.78, 5) is 0. The molecule has 0 bridgehead atoms. The molecule has 2 heterocycles. The zero-order chi connectivity index (χ0) is 35.3. The SMILES string of the molecule is c1cc(-c2ccc3sc4c(c3c2)c2ccccc2c2sc3ccccc3c24)cc(-c2c3ccccc3c(-c3ccc4ccccc4c3)c3ccccc23)c1. The summed E-state index contributed by atoms with van der Waals surface area (Å²) in [5.74, 6) is 0. The van der Waals surface area contributed by atoms with E-state index in [1.165, 1.54) is 117 Å². The van der Waals surface area contributed by atoms with Gasteiger partial charge in [0.2, 0.25) is 0 Å². The van der Waals surface area contributed by atoms with Crippen LogP contribution < -0.4 is 0 Å². The van der Waals surface area contributed by atoms with Gasteiger partial charge in [-0.2, -0.15) is 0 Å². The number of fused-ring (bicyclic) bond motifs is 13. The van der Waals surface area contributed by atoms with Crippen molar-refractivity contribution in [3.8, 4) is 33.4 Å². The van der Waals surface area contributed by atoms with Crippen LogP contribution in [-0.2, 0) is 0 Å². The summed E-state index contributed by atoms with van der Waals surface area (Å²) in [6.45, 7) is 0. The molecule has 0 amide bonds. The van der Waals surface area contributed by atoms with E-state index in [4.69, 9.17) is 0 Å². The number of rotatable bonds is 3. The minimum absolute atomic E-state index is 1.23. The second-order valence-electron chi connectivity index (χ2n) is 14.3. The van der Waals surface area contributed by atoms with Gasteiger partial charge in [-0.3, -0.25) is 0 Å². The van der Waals surface area contributed by atoms with Gasteiger partial charge in [-0.15, -0.1) is 22.7 Å². The Bertz CT molecular complexity index is 3450. The van der Waals surface area contributed by atoms with Gasteiger partial charge in [0.25, 0.3) is 0 Å². The Morgan fingerprint density at radius 3 is 1.52 bits per heavy atom. The summed E-state index contributed by atoms with van der Waals surface area (Å²) in [6.07, 6.45) is 0. The van der Waals surface area contributed by atoms with Crippen molar-refractivity contribution in [2.24, 2.45) is 0 Å². The Balaban J connectivity index is 1.08. The Hall–Kier alpha value is -6.32. The van der Waals surface area contributed by atoms with E-state index < -0.39 is 0 Å². The van der Waals surface area contributed by atoms with Gasteiger partial charge in [0, 0.05) is 45.7 Å². The quantitative estimate of drug-likeness (QED) is 0.160. The first-order valence-electron chi connectivity index (χ1n) is 18.5. The van der Waals surface area contributed by atoms with E-state index in [1.54, 1.807) is 0 Å². The van der Waals surface area contributed by atoms with E-state index in [0.29, 0.717) is 0 Å². The van der Waals surface area contributed by atoms with Crippen molar-refractivity contribution < 1.29 is 0 Å². The van der Waals surface area contributed by atoms with Crippen LogP contribution in [0.2, 0.25) is 0 Å². The fourth-order valence-corrected chi connectivity index (χ4v) is 11.6. The predicted molar refractivity (Wildman–Crippen MR) is 239 cm³/mol. The lowest BCUT2D eigenvalue weighted by Crippen LogP contribution is -1.91.